The first-order valence-electron chi connectivity index (χ1n) is 4.71. The van der Waals surface area contributed by atoms with Crippen LogP contribution in [-0.4, -0.2) is 5.11 Å². The molecule has 5 heteroatoms. The summed E-state index contributed by atoms with van der Waals surface area (Å²) < 4.78 is 0. The van der Waals surface area contributed by atoms with Crippen LogP contribution >= 0.6 is 12.2 Å². The molecule has 0 radical (unpaired) electrons. The summed E-state index contributed by atoms with van der Waals surface area (Å²) in [6, 6.07) is 13.8. The van der Waals surface area contributed by atoms with Crippen LogP contribution in [0.2, 0.25) is 0 Å². The van der Waals surface area contributed by atoms with Gasteiger partial charge in [-0.2, -0.15) is 0 Å². The van der Waals surface area contributed by atoms with Crippen LogP contribution in [-0.2, 0) is 0 Å². The SMILES string of the molecule is NNC(=S)N=Nc1cccc2ccccc12. The first-order chi connectivity index (χ1) is 7.81. The van der Waals surface area contributed by atoms with E-state index < -0.39 is 0 Å². The van der Waals surface area contributed by atoms with Gasteiger partial charge in [0.1, 0.15) is 0 Å². The van der Waals surface area contributed by atoms with Crippen LogP contribution < -0.4 is 11.3 Å². The highest BCUT2D eigenvalue weighted by Gasteiger charge is 1.98. The quantitative estimate of drug-likeness (QED) is 0.342. The number of benzene rings is 2. The lowest BCUT2D eigenvalue weighted by molar-refractivity contribution is 1.02. The Morgan fingerprint density at radius 3 is 2.69 bits per heavy atom. The van der Waals surface area contributed by atoms with Crippen molar-refractivity contribution in [1.82, 2.24) is 5.43 Å². The van der Waals surface area contributed by atoms with Gasteiger partial charge in [-0.15, -0.1) is 10.2 Å². The summed E-state index contributed by atoms with van der Waals surface area (Å²) >= 11 is 4.78. The van der Waals surface area contributed by atoms with Gasteiger partial charge in [-0.1, -0.05) is 36.4 Å². The molecule has 0 bridgehead atoms. The molecule has 16 heavy (non-hydrogen) atoms. The lowest BCUT2D eigenvalue weighted by Crippen LogP contribution is -2.26. The summed E-state index contributed by atoms with van der Waals surface area (Å²) in [6.07, 6.45) is 0. The zero-order valence-corrected chi connectivity index (χ0v) is 9.24. The average Bonchev–Trinajstić information content (AvgIpc) is 2.35. The van der Waals surface area contributed by atoms with Crippen molar-refractivity contribution in [3.05, 3.63) is 42.5 Å². The maximum absolute atomic E-state index is 5.10. The van der Waals surface area contributed by atoms with E-state index in [0.717, 1.165) is 16.5 Å². The van der Waals surface area contributed by atoms with Gasteiger partial charge in [0, 0.05) is 5.39 Å². The van der Waals surface area contributed by atoms with E-state index in [2.05, 4.69) is 15.7 Å². The molecule has 0 atom stereocenters. The summed E-state index contributed by atoms with van der Waals surface area (Å²) in [4.78, 5) is 0. The monoisotopic (exact) mass is 230 g/mol. The van der Waals surface area contributed by atoms with E-state index in [1.165, 1.54) is 0 Å². The second kappa shape index (κ2) is 4.78. The van der Waals surface area contributed by atoms with Crippen LogP contribution in [0.3, 0.4) is 0 Å². The minimum atomic E-state index is 0.160. The Hall–Kier alpha value is -1.85. The second-order valence-corrected chi connectivity index (χ2v) is 3.53. The van der Waals surface area contributed by atoms with E-state index in [1.807, 2.05) is 42.5 Å². The Morgan fingerprint density at radius 1 is 1.12 bits per heavy atom. The average molecular weight is 230 g/mol. The van der Waals surface area contributed by atoms with Gasteiger partial charge in [0.25, 0.3) is 0 Å². The van der Waals surface area contributed by atoms with Crippen LogP contribution in [0.15, 0.2) is 52.7 Å². The predicted octanol–water partition coefficient (Wildman–Crippen LogP) is 2.67. The highest BCUT2D eigenvalue weighted by molar-refractivity contribution is 7.80. The number of hydrogen-bond acceptors (Lipinski definition) is 3. The topological polar surface area (TPSA) is 62.8 Å². The normalized spacial score (nSPS) is 10.8. The highest BCUT2D eigenvalue weighted by atomic mass is 32.1. The summed E-state index contributed by atoms with van der Waals surface area (Å²) in [5.74, 6) is 5.10. The maximum Gasteiger partial charge on any atom is 0.227 e. The summed E-state index contributed by atoms with van der Waals surface area (Å²) in [5, 5.41) is 10.1. The van der Waals surface area contributed by atoms with Crippen molar-refractivity contribution in [2.75, 3.05) is 0 Å². The molecular weight excluding hydrogens is 220 g/mol. The third-order valence-corrected chi connectivity index (χ3v) is 2.34. The van der Waals surface area contributed by atoms with Crippen molar-refractivity contribution in [2.45, 2.75) is 0 Å². The first-order valence-corrected chi connectivity index (χ1v) is 5.12. The van der Waals surface area contributed by atoms with Gasteiger partial charge in [-0.25, -0.2) is 5.84 Å². The van der Waals surface area contributed by atoms with Gasteiger partial charge in [0.15, 0.2) is 0 Å². The molecule has 0 aliphatic rings. The standard InChI is InChI=1S/C11H10N4S/c12-13-11(16)15-14-10-7-3-5-8-4-1-2-6-9(8)10/h1-7H,12H2,(H,13,16). The summed E-state index contributed by atoms with van der Waals surface area (Å²) in [5.41, 5.74) is 3.03. The Kier molecular flexibility index (Phi) is 3.19. The molecular formula is C11H10N4S. The third-order valence-electron chi connectivity index (χ3n) is 2.14. The molecule has 2 aromatic rings. The fraction of sp³-hybridized carbons (Fsp3) is 0. The number of nitrogens with one attached hydrogen (secondary N) is 1. The number of azo groups is 1. The number of hydrazine groups is 1. The minimum absolute atomic E-state index is 0.160. The van der Waals surface area contributed by atoms with Crippen LogP contribution in [0.4, 0.5) is 5.69 Å². The van der Waals surface area contributed by atoms with Gasteiger partial charge in [0.05, 0.1) is 5.69 Å². The van der Waals surface area contributed by atoms with Gasteiger partial charge in [0.2, 0.25) is 5.11 Å². The fourth-order valence-electron chi connectivity index (χ4n) is 1.42. The molecule has 0 heterocycles. The first kappa shape index (κ1) is 10.7. The molecule has 0 aliphatic carbocycles. The van der Waals surface area contributed by atoms with Crippen LogP contribution in [0.5, 0.6) is 0 Å². The number of nitrogens with zero attached hydrogens (tertiary/aromatic N) is 2. The number of nitrogens with two attached hydrogens (primary N) is 1. The van der Waals surface area contributed by atoms with E-state index >= 15 is 0 Å². The van der Waals surface area contributed by atoms with Gasteiger partial charge < -0.3 is 0 Å². The van der Waals surface area contributed by atoms with Gasteiger partial charge in [-0.05, 0) is 23.7 Å². The van der Waals surface area contributed by atoms with E-state index in [0.29, 0.717) is 0 Å². The number of fused-ring (bicyclic) bond motifs is 1. The molecule has 3 N–H and O–H groups in total. The lowest BCUT2D eigenvalue weighted by Gasteiger charge is -2.00. The Bertz CT molecular complexity index is 545. The third kappa shape index (κ3) is 2.21. The molecule has 0 saturated heterocycles. The summed E-state index contributed by atoms with van der Waals surface area (Å²) in [7, 11) is 0. The molecule has 2 rings (SSSR count). The Labute approximate surface area is 98.1 Å². The lowest BCUT2D eigenvalue weighted by atomic mass is 10.1. The summed E-state index contributed by atoms with van der Waals surface area (Å²) in [6.45, 7) is 0. The van der Waals surface area contributed by atoms with Crippen molar-refractivity contribution in [3.8, 4) is 0 Å². The molecule has 0 saturated carbocycles. The molecule has 0 aromatic heterocycles. The predicted molar refractivity (Wildman–Crippen MR) is 68.4 cm³/mol. The van der Waals surface area contributed by atoms with Crippen LogP contribution in [0, 0.1) is 0 Å². The molecule has 0 fully saturated rings. The van der Waals surface area contributed by atoms with E-state index in [4.69, 9.17) is 18.1 Å². The Balaban J connectivity index is 2.45. The van der Waals surface area contributed by atoms with Crippen molar-refractivity contribution in [1.29, 1.82) is 0 Å². The van der Waals surface area contributed by atoms with Crippen LogP contribution in [0.1, 0.15) is 0 Å². The zero-order valence-electron chi connectivity index (χ0n) is 8.42. The van der Waals surface area contributed by atoms with Crippen molar-refractivity contribution in [2.24, 2.45) is 16.1 Å². The van der Waals surface area contributed by atoms with Crippen molar-refractivity contribution in [3.63, 3.8) is 0 Å². The number of thiocarbonyl (C=S) groups is 1. The zero-order chi connectivity index (χ0) is 11.4. The van der Waals surface area contributed by atoms with Gasteiger partial charge in [-0.3, -0.25) is 5.43 Å². The number of hydrogen-bond donors (Lipinski definition) is 2. The molecule has 0 unspecified atom stereocenters. The van der Waals surface area contributed by atoms with E-state index in [1.54, 1.807) is 0 Å². The second-order valence-electron chi connectivity index (χ2n) is 3.15. The van der Waals surface area contributed by atoms with Crippen molar-refractivity contribution >= 4 is 33.8 Å². The molecule has 0 amide bonds. The smallest absolute Gasteiger partial charge is 0.227 e. The molecule has 80 valence electrons. The molecule has 0 aliphatic heterocycles. The molecule has 2 aromatic carbocycles. The van der Waals surface area contributed by atoms with Crippen molar-refractivity contribution < 1.29 is 0 Å². The maximum atomic E-state index is 5.10. The fourth-order valence-corrected chi connectivity index (χ4v) is 1.46. The van der Waals surface area contributed by atoms with Crippen LogP contribution in [0.25, 0.3) is 10.8 Å². The largest absolute Gasteiger partial charge is 0.298 e. The van der Waals surface area contributed by atoms with Gasteiger partial charge >= 0.3 is 0 Å². The Morgan fingerprint density at radius 2 is 1.88 bits per heavy atom. The minimum Gasteiger partial charge on any atom is -0.298 e. The molecule has 0 spiro atoms. The molecule has 4 nitrogen and oxygen atoms in total. The number of rotatable bonds is 1. The van der Waals surface area contributed by atoms with E-state index in [9.17, 15) is 0 Å². The van der Waals surface area contributed by atoms with E-state index in [-0.39, 0.29) is 5.11 Å². The highest BCUT2D eigenvalue weighted by Crippen LogP contribution is 2.25.